The van der Waals surface area contributed by atoms with Crippen LogP contribution in [0, 0.1) is 11.3 Å². The Bertz CT molecular complexity index is 375. The molecule has 0 spiro atoms. The van der Waals surface area contributed by atoms with E-state index in [1.165, 1.54) is 5.56 Å². The summed E-state index contributed by atoms with van der Waals surface area (Å²) in [5.74, 6) is 0. The highest BCUT2D eigenvalue weighted by molar-refractivity contribution is 5.17. The minimum atomic E-state index is -0.0565. The van der Waals surface area contributed by atoms with Crippen molar-refractivity contribution in [3.8, 4) is 6.07 Å². The van der Waals surface area contributed by atoms with Crippen molar-refractivity contribution in [1.82, 2.24) is 4.90 Å². The monoisotopic (exact) mass is 198 g/mol. The van der Waals surface area contributed by atoms with Gasteiger partial charge in [0, 0.05) is 13.1 Å². The predicted octanol–water partition coefficient (Wildman–Crippen LogP) is 2.34. The van der Waals surface area contributed by atoms with Crippen molar-refractivity contribution in [1.29, 1.82) is 5.26 Å². The van der Waals surface area contributed by atoms with Crippen LogP contribution in [0.25, 0.3) is 0 Å². The molecule has 1 aromatic carbocycles. The van der Waals surface area contributed by atoms with Gasteiger partial charge < -0.3 is 0 Å². The summed E-state index contributed by atoms with van der Waals surface area (Å²) >= 11 is 0. The fourth-order valence-corrected chi connectivity index (χ4v) is 1.85. The summed E-state index contributed by atoms with van der Waals surface area (Å²) in [4.78, 5) is 2.20. The zero-order chi connectivity index (χ0) is 10.5. The van der Waals surface area contributed by atoms with Gasteiger partial charge in [-0.2, -0.15) is 5.26 Å². The van der Waals surface area contributed by atoms with E-state index in [0.717, 1.165) is 19.5 Å². The molecule has 0 aliphatic carbocycles. The molecule has 2 heteroatoms. The summed E-state index contributed by atoms with van der Waals surface area (Å²) < 4.78 is 0. The van der Waals surface area contributed by atoms with Crippen molar-refractivity contribution in [2.45, 2.75) is 19.0 Å². The molecule has 2 rings (SSSR count). The van der Waals surface area contributed by atoms with Gasteiger partial charge in [0.25, 0.3) is 0 Å². The first kappa shape index (κ1) is 9.95. The van der Waals surface area contributed by atoms with Gasteiger partial charge in [0.2, 0.25) is 0 Å². The SMILES string of the molecule is N#CC1C=CCCN1Cc1ccccc1. The van der Waals surface area contributed by atoms with Crippen molar-refractivity contribution in [2.75, 3.05) is 6.54 Å². The molecule has 0 fully saturated rings. The van der Waals surface area contributed by atoms with E-state index in [4.69, 9.17) is 5.26 Å². The highest BCUT2D eigenvalue weighted by atomic mass is 15.1. The maximum atomic E-state index is 9.00. The summed E-state index contributed by atoms with van der Waals surface area (Å²) in [6, 6.07) is 12.6. The van der Waals surface area contributed by atoms with Crippen LogP contribution >= 0.6 is 0 Å². The first-order valence-corrected chi connectivity index (χ1v) is 5.24. The number of hydrogen-bond acceptors (Lipinski definition) is 2. The number of nitriles is 1. The van der Waals surface area contributed by atoms with E-state index in [0.29, 0.717) is 0 Å². The topological polar surface area (TPSA) is 27.0 Å². The number of hydrogen-bond donors (Lipinski definition) is 0. The second-order valence-corrected chi connectivity index (χ2v) is 3.75. The van der Waals surface area contributed by atoms with Gasteiger partial charge in [-0.15, -0.1) is 0 Å². The van der Waals surface area contributed by atoms with Crippen LogP contribution in [0.1, 0.15) is 12.0 Å². The lowest BCUT2D eigenvalue weighted by molar-refractivity contribution is 0.250. The molecule has 15 heavy (non-hydrogen) atoms. The van der Waals surface area contributed by atoms with Gasteiger partial charge in [-0.25, -0.2) is 0 Å². The molecule has 76 valence electrons. The largest absolute Gasteiger partial charge is 0.280 e. The van der Waals surface area contributed by atoms with Gasteiger partial charge in [0.15, 0.2) is 0 Å². The number of nitrogens with zero attached hydrogens (tertiary/aromatic N) is 2. The molecule has 0 saturated carbocycles. The molecule has 0 aromatic heterocycles. The maximum absolute atomic E-state index is 9.00. The Morgan fingerprint density at radius 2 is 2.13 bits per heavy atom. The molecule has 1 aliphatic heterocycles. The lowest BCUT2D eigenvalue weighted by Crippen LogP contribution is -2.35. The molecule has 2 nitrogen and oxygen atoms in total. The van der Waals surface area contributed by atoms with Crippen molar-refractivity contribution >= 4 is 0 Å². The summed E-state index contributed by atoms with van der Waals surface area (Å²) in [6.07, 6.45) is 5.13. The van der Waals surface area contributed by atoms with E-state index in [2.05, 4.69) is 29.2 Å². The fourth-order valence-electron chi connectivity index (χ4n) is 1.85. The van der Waals surface area contributed by atoms with E-state index in [1.54, 1.807) is 0 Å². The van der Waals surface area contributed by atoms with Gasteiger partial charge in [0.05, 0.1) is 6.07 Å². The lowest BCUT2D eigenvalue weighted by Gasteiger charge is -2.27. The number of benzene rings is 1. The minimum Gasteiger partial charge on any atom is -0.280 e. The van der Waals surface area contributed by atoms with Crippen LogP contribution < -0.4 is 0 Å². The maximum Gasteiger partial charge on any atom is 0.117 e. The highest BCUT2D eigenvalue weighted by Crippen LogP contribution is 2.13. The molecular formula is C13H14N2. The third kappa shape index (κ3) is 2.45. The van der Waals surface area contributed by atoms with E-state index in [1.807, 2.05) is 24.3 Å². The predicted molar refractivity (Wildman–Crippen MR) is 60.0 cm³/mol. The quantitative estimate of drug-likeness (QED) is 0.682. The Labute approximate surface area is 90.4 Å². The summed E-state index contributed by atoms with van der Waals surface area (Å²) in [7, 11) is 0. The summed E-state index contributed by atoms with van der Waals surface area (Å²) in [6.45, 7) is 1.84. The van der Waals surface area contributed by atoms with Crippen LogP contribution in [0.3, 0.4) is 0 Å². The Morgan fingerprint density at radius 1 is 1.33 bits per heavy atom. The van der Waals surface area contributed by atoms with E-state index < -0.39 is 0 Å². The van der Waals surface area contributed by atoms with Crippen LogP contribution in [-0.4, -0.2) is 17.5 Å². The van der Waals surface area contributed by atoms with Crippen LogP contribution in [-0.2, 0) is 6.54 Å². The van der Waals surface area contributed by atoms with Crippen molar-refractivity contribution < 1.29 is 0 Å². The third-order valence-corrected chi connectivity index (χ3v) is 2.66. The number of rotatable bonds is 2. The average Bonchev–Trinajstić information content (AvgIpc) is 2.31. The average molecular weight is 198 g/mol. The second-order valence-electron chi connectivity index (χ2n) is 3.75. The molecule has 0 amide bonds. The Kier molecular flexibility index (Phi) is 3.16. The molecule has 1 aliphatic rings. The Morgan fingerprint density at radius 3 is 2.87 bits per heavy atom. The van der Waals surface area contributed by atoms with E-state index in [9.17, 15) is 0 Å². The zero-order valence-electron chi connectivity index (χ0n) is 8.63. The minimum absolute atomic E-state index is 0.0565. The Hall–Kier alpha value is -1.59. The summed E-state index contributed by atoms with van der Waals surface area (Å²) in [5.41, 5.74) is 1.27. The van der Waals surface area contributed by atoms with Crippen molar-refractivity contribution in [3.05, 3.63) is 48.0 Å². The van der Waals surface area contributed by atoms with Crippen molar-refractivity contribution in [2.24, 2.45) is 0 Å². The van der Waals surface area contributed by atoms with Crippen LogP contribution in [0.5, 0.6) is 0 Å². The molecule has 1 unspecified atom stereocenters. The van der Waals surface area contributed by atoms with E-state index >= 15 is 0 Å². The van der Waals surface area contributed by atoms with Gasteiger partial charge in [-0.1, -0.05) is 42.5 Å². The van der Waals surface area contributed by atoms with Gasteiger partial charge in [-0.05, 0) is 12.0 Å². The second kappa shape index (κ2) is 4.77. The highest BCUT2D eigenvalue weighted by Gasteiger charge is 2.17. The van der Waals surface area contributed by atoms with Crippen molar-refractivity contribution in [3.63, 3.8) is 0 Å². The standard InChI is InChI=1S/C13H14N2/c14-10-13-8-4-5-9-15(13)11-12-6-2-1-3-7-12/h1-4,6-8,13H,5,9,11H2. The molecule has 0 N–H and O–H groups in total. The summed E-state index contributed by atoms with van der Waals surface area (Å²) in [5, 5.41) is 9.00. The third-order valence-electron chi connectivity index (χ3n) is 2.66. The molecule has 0 saturated heterocycles. The molecule has 1 atom stereocenters. The normalized spacial score (nSPS) is 21.1. The van der Waals surface area contributed by atoms with Gasteiger partial charge in [-0.3, -0.25) is 4.90 Å². The smallest absolute Gasteiger partial charge is 0.117 e. The van der Waals surface area contributed by atoms with Gasteiger partial charge in [0.1, 0.15) is 6.04 Å². The molecular weight excluding hydrogens is 184 g/mol. The molecule has 1 heterocycles. The van der Waals surface area contributed by atoms with Gasteiger partial charge >= 0.3 is 0 Å². The molecule has 1 aromatic rings. The van der Waals surface area contributed by atoms with Crippen LogP contribution in [0.4, 0.5) is 0 Å². The Balaban J connectivity index is 2.06. The molecule has 0 radical (unpaired) electrons. The first-order chi connectivity index (χ1) is 7.40. The first-order valence-electron chi connectivity index (χ1n) is 5.24. The van der Waals surface area contributed by atoms with E-state index in [-0.39, 0.29) is 6.04 Å². The zero-order valence-corrected chi connectivity index (χ0v) is 8.63. The van der Waals surface area contributed by atoms with Crippen LogP contribution in [0.15, 0.2) is 42.5 Å². The fraction of sp³-hybridized carbons (Fsp3) is 0.308. The molecule has 0 bridgehead atoms. The van der Waals surface area contributed by atoms with Crippen LogP contribution in [0.2, 0.25) is 0 Å². The lowest BCUT2D eigenvalue weighted by atomic mass is 10.1.